The first-order valence-corrected chi connectivity index (χ1v) is 8.41. The second-order valence-corrected chi connectivity index (χ2v) is 6.66. The summed E-state index contributed by atoms with van der Waals surface area (Å²) in [7, 11) is 0. The molecule has 0 saturated carbocycles. The van der Waals surface area contributed by atoms with Crippen LogP contribution in [0, 0.1) is 0 Å². The van der Waals surface area contributed by atoms with Crippen molar-refractivity contribution in [2.24, 2.45) is 0 Å². The summed E-state index contributed by atoms with van der Waals surface area (Å²) in [5, 5.41) is 9.16. The van der Waals surface area contributed by atoms with E-state index in [1.165, 1.54) is 12.1 Å². The summed E-state index contributed by atoms with van der Waals surface area (Å²) in [5.74, 6) is -1.33. The molecule has 0 bridgehead atoms. The first-order chi connectivity index (χ1) is 10.8. The van der Waals surface area contributed by atoms with Gasteiger partial charge in [0, 0.05) is 0 Å². The number of rotatable bonds is 4. The number of carbonyl (C=O) groups is 3. The lowest BCUT2D eigenvalue weighted by atomic mass is 10.2. The molecule has 6 nitrogen and oxygen atoms in total. The summed E-state index contributed by atoms with van der Waals surface area (Å²) in [6, 6.07) is 3.02. The maximum Gasteiger partial charge on any atom is 0.326 e. The van der Waals surface area contributed by atoms with Gasteiger partial charge in [-0.1, -0.05) is 11.6 Å². The predicted octanol–water partition coefficient (Wildman–Crippen LogP) is 3.41. The van der Waals surface area contributed by atoms with E-state index >= 15 is 0 Å². The zero-order chi connectivity index (χ0) is 17.1. The van der Waals surface area contributed by atoms with E-state index in [0.717, 1.165) is 16.7 Å². The first-order valence-electron chi connectivity index (χ1n) is 6.42. The molecule has 0 atom stereocenters. The summed E-state index contributed by atoms with van der Waals surface area (Å²) >= 11 is 9.73. The first kappa shape index (κ1) is 17.8. The van der Waals surface area contributed by atoms with Crippen LogP contribution in [0.4, 0.5) is 4.79 Å². The van der Waals surface area contributed by atoms with Crippen molar-refractivity contribution >= 4 is 62.5 Å². The van der Waals surface area contributed by atoms with E-state index in [2.05, 4.69) is 15.9 Å². The number of halogens is 2. The molecule has 1 aliphatic rings. The number of aromatic hydroxyl groups is 1. The molecule has 0 unspecified atom stereocenters. The molecule has 2 amide bonds. The number of imide groups is 1. The number of ether oxygens (including phenoxy) is 1. The molecule has 1 aromatic rings. The summed E-state index contributed by atoms with van der Waals surface area (Å²) in [6.45, 7) is 1.39. The van der Waals surface area contributed by atoms with Crippen molar-refractivity contribution in [2.45, 2.75) is 6.92 Å². The highest BCUT2D eigenvalue weighted by molar-refractivity contribution is 9.10. The van der Waals surface area contributed by atoms with Gasteiger partial charge in [-0.3, -0.25) is 19.3 Å². The summed E-state index contributed by atoms with van der Waals surface area (Å²) in [6.07, 6.45) is 1.46. The SMILES string of the molecule is CCOC(=O)CN1C(=O)SC(=Cc2cc(Cl)c(O)c(Br)c2)C1=O. The van der Waals surface area contributed by atoms with Crippen LogP contribution in [0.2, 0.25) is 5.02 Å². The molecule has 9 heteroatoms. The van der Waals surface area contributed by atoms with Crippen molar-refractivity contribution in [3.8, 4) is 5.75 Å². The molecule has 0 spiro atoms. The maximum atomic E-state index is 12.2. The Morgan fingerprint density at radius 3 is 2.78 bits per heavy atom. The van der Waals surface area contributed by atoms with Crippen molar-refractivity contribution in [1.82, 2.24) is 4.90 Å². The van der Waals surface area contributed by atoms with E-state index in [9.17, 15) is 19.5 Å². The largest absolute Gasteiger partial charge is 0.505 e. The Morgan fingerprint density at radius 1 is 1.48 bits per heavy atom. The number of hydrogen-bond acceptors (Lipinski definition) is 6. The van der Waals surface area contributed by atoms with E-state index in [-0.39, 0.29) is 22.3 Å². The quantitative estimate of drug-likeness (QED) is 0.594. The fourth-order valence-electron chi connectivity index (χ4n) is 1.79. The number of thioether (sulfide) groups is 1. The lowest BCUT2D eigenvalue weighted by Crippen LogP contribution is -2.34. The molecule has 1 N–H and O–H groups in total. The molecule has 122 valence electrons. The van der Waals surface area contributed by atoms with Gasteiger partial charge in [-0.25, -0.2) is 0 Å². The van der Waals surface area contributed by atoms with Gasteiger partial charge in [0.25, 0.3) is 11.1 Å². The highest BCUT2D eigenvalue weighted by atomic mass is 79.9. The average Bonchev–Trinajstić information content (AvgIpc) is 2.72. The van der Waals surface area contributed by atoms with Crippen molar-refractivity contribution in [3.05, 3.63) is 32.1 Å². The maximum absolute atomic E-state index is 12.2. The van der Waals surface area contributed by atoms with Crippen LogP contribution in [0.25, 0.3) is 6.08 Å². The molecule has 1 heterocycles. The number of hydrogen-bond donors (Lipinski definition) is 1. The molecule has 1 aromatic carbocycles. The number of esters is 1. The van der Waals surface area contributed by atoms with Crippen LogP contribution in [0.3, 0.4) is 0 Å². The summed E-state index contributed by atoms with van der Waals surface area (Å²) in [5.41, 5.74) is 0.529. The number of amides is 2. The van der Waals surface area contributed by atoms with Gasteiger partial charge in [0.05, 0.1) is 21.0 Å². The molecule has 0 aliphatic carbocycles. The Labute approximate surface area is 149 Å². The van der Waals surface area contributed by atoms with Crippen LogP contribution >= 0.6 is 39.3 Å². The van der Waals surface area contributed by atoms with Gasteiger partial charge in [0.1, 0.15) is 12.3 Å². The van der Waals surface area contributed by atoms with Crippen LogP contribution in [0.1, 0.15) is 12.5 Å². The minimum Gasteiger partial charge on any atom is -0.505 e. The third-order valence-corrected chi connectivity index (χ3v) is 4.60. The van der Waals surface area contributed by atoms with Crippen LogP contribution in [-0.4, -0.2) is 40.3 Å². The number of phenolic OH excluding ortho intramolecular Hbond substituents is 1. The molecule has 23 heavy (non-hydrogen) atoms. The Bertz CT molecular complexity index is 698. The normalized spacial score (nSPS) is 16.3. The fourth-order valence-corrected chi connectivity index (χ4v) is 3.45. The third-order valence-electron chi connectivity index (χ3n) is 2.80. The number of phenols is 1. The van der Waals surface area contributed by atoms with Crippen molar-refractivity contribution in [2.75, 3.05) is 13.2 Å². The minimum atomic E-state index is -0.647. The minimum absolute atomic E-state index is 0.108. The van der Waals surface area contributed by atoms with E-state index in [1.54, 1.807) is 13.0 Å². The zero-order valence-electron chi connectivity index (χ0n) is 11.8. The third kappa shape index (κ3) is 4.07. The monoisotopic (exact) mass is 419 g/mol. The smallest absolute Gasteiger partial charge is 0.326 e. The van der Waals surface area contributed by atoms with E-state index in [4.69, 9.17) is 16.3 Å². The Balaban J connectivity index is 2.23. The van der Waals surface area contributed by atoms with Gasteiger partial charge in [0.15, 0.2) is 0 Å². The molecular formula is C14H11BrClNO5S. The van der Waals surface area contributed by atoms with E-state index < -0.39 is 23.7 Å². The van der Waals surface area contributed by atoms with Gasteiger partial charge in [0.2, 0.25) is 0 Å². The molecule has 0 radical (unpaired) electrons. The molecule has 1 aliphatic heterocycles. The van der Waals surface area contributed by atoms with Crippen LogP contribution < -0.4 is 0 Å². The second kappa shape index (κ2) is 7.37. The number of benzene rings is 1. The van der Waals surface area contributed by atoms with Crippen LogP contribution in [-0.2, 0) is 14.3 Å². The van der Waals surface area contributed by atoms with E-state index in [0.29, 0.717) is 10.0 Å². The lowest BCUT2D eigenvalue weighted by molar-refractivity contribution is -0.145. The Morgan fingerprint density at radius 2 is 2.17 bits per heavy atom. The van der Waals surface area contributed by atoms with Gasteiger partial charge in [-0.2, -0.15) is 0 Å². The van der Waals surface area contributed by atoms with E-state index in [1.807, 2.05) is 0 Å². The highest BCUT2D eigenvalue weighted by Crippen LogP contribution is 2.36. The Hall–Kier alpha value is -1.51. The van der Waals surface area contributed by atoms with Crippen molar-refractivity contribution in [1.29, 1.82) is 0 Å². The van der Waals surface area contributed by atoms with Gasteiger partial charge >= 0.3 is 5.97 Å². The number of carbonyl (C=O) groups excluding carboxylic acids is 3. The molecule has 0 aromatic heterocycles. The molecule has 1 fully saturated rings. The predicted molar refractivity (Wildman–Crippen MR) is 90.1 cm³/mol. The van der Waals surface area contributed by atoms with Crippen molar-refractivity contribution < 1.29 is 24.2 Å². The fraction of sp³-hybridized carbons (Fsp3) is 0.214. The molecule has 1 saturated heterocycles. The Kier molecular flexibility index (Phi) is 5.72. The van der Waals surface area contributed by atoms with Crippen LogP contribution in [0.15, 0.2) is 21.5 Å². The summed E-state index contributed by atoms with van der Waals surface area (Å²) in [4.78, 5) is 36.5. The summed E-state index contributed by atoms with van der Waals surface area (Å²) < 4.78 is 5.10. The van der Waals surface area contributed by atoms with Gasteiger partial charge < -0.3 is 9.84 Å². The topological polar surface area (TPSA) is 83.9 Å². The standard InChI is InChI=1S/C14H11BrClNO5S/c1-2-22-11(18)6-17-13(20)10(23-14(17)21)5-7-3-8(15)12(19)9(16)4-7/h3-5,19H,2,6H2,1H3. The molecule has 2 rings (SSSR count). The second-order valence-electron chi connectivity index (χ2n) is 4.41. The van der Waals surface area contributed by atoms with Crippen LogP contribution in [0.5, 0.6) is 5.75 Å². The van der Waals surface area contributed by atoms with Gasteiger partial charge in [-0.05, 0) is 58.4 Å². The van der Waals surface area contributed by atoms with Crippen molar-refractivity contribution in [3.63, 3.8) is 0 Å². The number of nitrogens with zero attached hydrogens (tertiary/aromatic N) is 1. The molecular weight excluding hydrogens is 410 g/mol. The van der Waals surface area contributed by atoms with Gasteiger partial charge in [-0.15, -0.1) is 0 Å². The lowest BCUT2D eigenvalue weighted by Gasteiger charge is -2.10. The highest BCUT2D eigenvalue weighted by Gasteiger charge is 2.36. The zero-order valence-corrected chi connectivity index (χ0v) is 15.0. The average molecular weight is 421 g/mol.